The summed E-state index contributed by atoms with van der Waals surface area (Å²) in [6.45, 7) is 4.04. The first-order valence-corrected chi connectivity index (χ1v) is 9.81. The normalized spacial score (nSPS) is 10.8. The summed E-state index contributed by atoms with van der Waals surface area (Å²) in [4.78, 5) is 24.6. The Kier molecular flexibility index (Phi) is 6.67. The first-order chi connectivity index (χ1) is 13.9. The summed E-state index contributed by atoms with van der Waals surface area (Å²) >= 11 is 5.97. The van der Waals surface area contributed by atoms with Crippen LogP contribution >= 0.6 is 11.6 Å². The molecular weight excluding hydrogens is 388 g/mol. The molecule has 0 fully saturated rings. The van der Waals surface area contributed by atoms with E-state index in [1.807, 2.05) is 56.3 Å². The van der Waals surface area contributed by atoms with Gasteiger partial charge in [0, 0.05) is 29.6 Å². The molecule has 6 nitrogen and oxygen atoms in total. The average molecular weight is 411 g/mol. The number of rotatable bonds is 7. The summed E-state index contributed by atoms with van der Waals surface area (Å²) in [5.41, 5.74) is 2.68. The first kappa shape index (κ1) is 20.6. The summed E-state index contributed by atoms with van der Waals surface area (Å²) in [7, 11) is 0. The van der Waals surface area contributed by atoms with Gasteiger partial charge in [-0.2, -0.15) is 5.10 Å². The maximum atomic E-state index is 12.8. The van der Waals surface area contributed by atoms with E-state index in [2.05, 4.69) is 15.7 Å². The molecule has 2 amide bonds. The lowest BCUT2D eigenvalue weighted by atomic mass is 10.1. The largest absolute Gasteiger partial charge is 0.354 e. The summed E-state index contributed by atoms with van der Waals surface area (Å²) in [5, 5.41) is 10.9. The Hall–Kier alpha value is -3.12. The van der Waals surface area contributed by atoms with Crippen LogP contribution in [0.3, 0.4) is 0 Å². The Balaban J connectivity index is 1.83. The highest BCUT2D eigenvalue weighted by atomic mass is 35.5. The summed E-state index contributed by atoms with van der Waals surface area (Å²) < 4.78 is 1.60. The number of amides is 2. The number of halogens is 1. The van der Waals surface area contributed by atoms with E-state index in [4.69, 9.17) is 11.6 Å². The van der Waals surface area contributed by atoms with E-state index in [1.54, 1.807) is 22.9 Å². The van der Waals surface area contributed by atoms with Gasteiger partial charge in [-0.1, -0.05) is 41.9 Å². The number of hydrogen-bond donors (Lipinski definition) is 2. The first-order valence-electron chi connectivity index (χ1n) is 9.43. The molecule has 0 aliphatic rings. The number of hydrogen-bond acceptors (Lipinski definition) is 3. The third-order valence-corrected chi connectivity index (χ3v) is 4.42. The predicted octanol–water partition coefficient (Wildman–Crippen LogP) is 3.84. The van der Waals surface area contributed by atoms with Crippen LogP contribution in [0.2, 0.25) is 5.02 Å². The molecule has 0 aliphatic heterocycles. The molecule has 0 unspecified atom stereocenters. The van der Waals surface area contributed by atoms with Gasteiger partial charge in [0.15, 0.2) is 0 Å². The molecule has 0 saturated heterocycles. The highest BCUT2D eigenvalue weighted by Gasteiger charge is 2.18. The highest BCUT2D eigenvalue weighted by Crippen LogP contribution is 2.23. The smallest absolute Gasteiger partial charge is 0.270 e. The molecule has 0 saturated carbocycles. The number of benzene rings is 2. The van der Waals surface area contributed by atoms with Crippen LogP contribution in [0.1, 0.15) is 30.8 Å². The number of nitrogens with one attached hydrogen (secondary N) is 2. The van der Waals surface area contributed by atoms with Crippen LogP contribution < -0.4 is 10.6 Å². The Bertz CT molecular complexity index is 982. The van der Waals surface area contributed by atoms with E-state index < -0.39 is 0 Å². The molecule has 0 spiro atoms. The lowest BCUT2D eigenvalue weighted by molar-refractivity contribution is -0.121. The fourth-order valence-electron chi connectivity index (χ4n) is 2.84. The molecule has 1 heterocycles. The average Bonchev–Trinajstić information content (AvgIpc) is 3.14. The number of aromatic nitrogens is 2. The van der Waals surface area contributed by atoms with Crippen molar-refractivity contribution in [2.75, 3.05) is 6.54 Å². The second-order valence-corrected chi connectivity index (χ2v) is 7.33. The van der Waals surface area contributed by atoms with Gasteiger partial charge in [-0.15, -0.1) is 0 Å². The number of nitrogens with zero attached hydrogens (tertiary/aromatic N) is 2. The van der Waals surface area contributed by atoms with Crippen molar-refractivity contribution in [3.8, 4) is 16.9 Å². The van der Waals surface area contributed by atoms with E-state index >= 15 is 0 Å². The van der Waals surface area contributed by atoms with Gasteiger partial charge < -0.3 is 10.6 Å². The van der Waals surface area contributed by atoms with Gasteiger partial charge in [0.25, 0.3) is 5.91 Å². The molecule has 3 rings (SSSR count). The van der Waals surface area contributed by atoms with Crippen LogP contribution in [-0.4, -0.2) is 34.2 Å². The van der Waals surface area contributed by atoms with Gasteiger partial charge in [-0.25, -0.2) is 4.68 Å². The SMILES string of the molecule is CC(C)NC(=O)CCNC(=O)c1cc(-c2ccc(Cl)cc2)nn1-c1ccccc1. The quantitative estimate of drug-likeness (QED) is 0.621. The van der Waals surface area contributed by atoms with Crippen LogP contribution in [-0.2, 0) is 4.79 Å². The molecule has 0 radical (unpaired) electrons. The second-order valence-electron chi connectivity index (χ2n) is 6.90. The van der Waals surface area contributed by atoms with E-state index in [9.17, 15) is 9.59 Å². The highest BCUT2D eigenvalue weighted by molar-refractivity contribution is 6.30. The van der Waals surface area contributed by atoms with Crippen LogP contribution in [0.4, 0.5) is 0 Å². The van der Waals surface area contributed by atoms with Crippen molar-refractivity contribution in [3.05, 3.63) is 71.4 Å². The Labute approximate surface area is 174 Å². The van der Waals surface area contributed by atoms with Gasteiger partial charge in [0.2, 0.25) is 5.91 Å². The standard InChI is InChI=1S/C22H23ClN4O2/c1-15(2)25-21(28)12-13-24-22(29)20-14-19(16-8-10-17(23)11-9-16)26-27(20)18-6-4-3-5-7-18/h3-11,14-15H,12-13H2,1-2H3,(H,24,29)(H,25,28). The van der Waals surface area contributed by atoms with Crippen molar-refractivity contribution in [3.63, 3.8) is 0 Å². The zero-order valence-corrected chi connectivity index (χ0v) is 17.1. The lowest BCUT2D eigenvalue weighted by Gasteiger charge is -2.10. The van der Waals surface area contributed by atoms with Gasteiger partial charge in [0.05, 0.1) is 11.4 Å². The van der Waals surface area contributed by atoms with Crippen LogP contribution in [0, 0.1) is 0 Å². The number of carbonyl (C=O) groups excluding carboxylic acids is 2. The molecule has 150 valence electrons. The number of para-hydroxylation sites is 1. The van der Waals surface area contributed by atoms with Crippen molar-refractivity contribution in [1.82, 2.24) is 20.4 Å². The maximum absolute atomic E-state index is 12.8. The molecule has 0 atom stereocenters. The van der Waals surface area contributed by atoms with Gasteiger partial charge in [-0.3, -0.25) is 9.59 Å². The molecule has 2 aromatic carbocycles. The van der Waals surface area contributed by atoms with E-state index in [-0.39, 0.29) is 30.8 Å². The van der Waals surface area contributed by atoms with Crippen molar-refractivity contribution < 1.29 is 9.59 Å². The minimum Gasteiger partial charge on any atom is -0.354 e. The third kappa shape index (κ3) is 5.45. The maximum Gasteiger partial charge on any atom is 0.270 e. The van der Waals surface area contributed by atoms with Crippen LogP contribution in [0.15, 0.2) is 60.7 Å². The summed E-state index contributed by atoms with van der Waals surface area (Å²) in [6.07, 6.45) is 0.216. The van der Waals surface area contributed by atoms with Gasteiger partial charge in [-0.05, 0) is 44.2 Å². The van der Waals surface area contributed by atoms with Crippen molar-refractivity contribution in [2.24, 2.45) is 0 Å². The minimum absolute atomic E-state index is 0.0691. The third-order valence-electron chi connectivity index (χ3n) is 4.17. The summed E-state index contributed by atoms with van der Waals surface area (Å²) in [6, 6.07) is 18.5. The van der Waals surface area contributed by atoms with E-state index in [1.165, 1.54) is 0 Å². The molecule has 0 bridgehead atoms. The molecule has 7 heteroatoms. The van der Waals surface area contributed by atoms with Crippen molar-refractivity contribution in [2.45, 2.75) is 26.3 Å². The second kappa shape index (κ2) is 9.39. The number of carbonyl (C=O) groups is 2. The Morgan fingerprint density at radius 1 is 1.07 bits per heavy atom. The Morgan fingerprint density at radius 2 is 1.76 bits per heavy atom. The Morgan fingerprint density at radius 3 is 2.41 bits per heavy atom. The van der Waals surface area contributed by atoms with Crippen LogP contribution in [0.5, 0.6) is 0 Å². The van der Waals surface area contributed by atoms with Gasteiger partial charge in [0.1, 0.15) is 5.69 Å². The molecule has 0 aliphatic carbocycles. The van der Waals surface area contributed by atoms with Crippen molar-refractivity contribution >= 4 is 23.4 Å². The fraction of sp³-hybridized carbons (Fsp3) is 0.227. The zero-order chi connectivity index (χ0) is 20.8. The van der Waals surface area contributed by atoms with Gasteiger partial charge >= 0.3 is 0 Å². The van der Waals surface area contributed by atoms with Crippen LogP contribution in [0.25, 0.3) is 16.9 Å². The lowest BCUT2D eigenvalue weighted by Crippen LogP contribution is -2.34. The predicted molar refractivity (Wildman–Crippen MR) is 114 cm³/mol. The minimum atomic E-state index is -0.293. The van der Waals surface area contributed by atoms with Crippen molar-refractivity contribution in [1.29, 1.82) is 0 Å². The summed E-state index contributed by atoms with van der Waals surface area (Å²) in [5.74, 6) is -0.391. The molecular formula is C22H23ClN4O2. The zero-order valence-electron chi connectivity index (χ0n) is 16.4. The molecule has 1 aromatic heterocycles. The fourth-order valence-corrected chi connectivity index (χ4v) is 2.97. The van der Waals surface area contributed by atoms with E-state index in [0.717, 1.165) is 11.3 Å². The molecule has 2 N–H and O–H groups in total. The molecule has 29 heavy (non-hydrogen) atoms. The molecule has 3 aromatic rings. The van der Waals surface area contributed by atoms with E-state index in [0.29, 0.717) is 16.4 Å². The monoisotopic (exact) mass is 410 g/mol. The topological polar surface area (TPSA) is 76.0 Å².